The standard InChI is InChI=1S/C19H26N4O3/c1-13-17(14(2)26-22-13)4-3-9-20-19(25)15-5-6-18(21-12-15)23-10-7-16(24)8-11-23/h5-6,12,16,24H,3-4,7-11H2,1-2H3,(H,20,25). The lowest BCUT2D eigenvalue weighted by molar-refractivity contribution is 0.0953. The van der Waals surface area contributed by atoms with Crippen molar-refractivity contribution in [3.8, 4) is 0 Å². The Morgan fingerprint density at radius 3 is 2.73 bits per heavy atom. The van der Waals surface area contributed by atoms with Crippen LogP contribution in [-0.4, -0.2) is 46.9 Å². The van der Waals surface area contributed by atoms with Gasteiger partial charge < -0.3 is 19.8 Å². The topological polar surface area (TPSA) is 91.5 Å². The van der Waals surface area contributed by atoms with Crippen LogP contribution in [0, 0.1) is 13.8 Å². The summed E-state index contributed by atoms with van der Waals surface area (Å²) in [5, 5.41) is 16.4. The Bertz CT molecular complexity index is 714. The summed E-state index contributed by atoms with van der Waals surface area (Å²) in [5.41, 5.74) is 2.60. The van der Waals surface area contributed by atoms with Crippen LogP contribution >= 0.6 is 0 Å². The summed E-state index contributed by atoms with van der Waals surface area (Å²) in [6.45, 7) is 6.02. The van der Waals surface area contributed by atoms with Crippen molar-refractivity contribution in [3.05, 3.63) is 40.9 Å². The number of pyridine rings is 1. The molecular formula is C19H26N4O3. The summed E-state index contributed by atoms with van der Waals surface area (Å²) in [6, 6.07) is 3.67. The Morgan fingerprint density at radius 2 is 2.12 bits per heavy atom. The highest BCUT2D eigenvalue weighted by molar-refractivity contribution is 5.94. The highest BCUT2D eigenvalue weighted by atomic mass is 16.5. The maximum atomic E-state index is 12.2. The number of amides is 1. The molecule has 0 bridgehead atoms. The van der Waals surface area contributed by atoms with Crippen LogP contribution in [0.25, 0.3) is 0 Å². The molecular weight excluding hydrogens is 332 g/mol. The molecule has 3 heterocycles. The van der Waals surface area contributed by atoms with Crippen LogP contribution in [0.15, 0.2) is 22.9 Å². The molecule has 1 aliphatic rings. The third-order valence-electron chi connectivity index (χ3n) is 4.87. The Kier molecular flexibility index (Phi) is 5.88. The lowest BCUT2D eigenvalue weighted by Gasteiger charge is -2.30. The van der Waals surface area contributed by atoms with E-state index in [2.05, 4.69) is 20.4 Å². The number of carbonyl (C=O) groups excluding carboxylic acids is 1. The van der Waals surface area contributed by atoms with E-state index in [-0.39, 0.29) is 12.0 Å². The smallest absolute Gasteiger partial charge is 0.252 e. The first-order valence-electron chi connectivity index (χ1n) is 9.13. The molecule has 0 spiro atoms. The van der Waals surface area contributed by atoms with Crippen LogP contribution in [0.5, 0.6) is 0 Å². The van der Waals surface area contributed by atoms with Crippen molar-refractivity contribution < 1.29 is 14.4 Å². The molecule has 0 aromatic carbocycles. The zero-order chi connectivity index (χ0) is 18.5. The molecule has 1 fully saturated rings. The number of aliphatic hydroxyl groups is 1. The van der Waals surface area contributed by atoms with E-state index in [0.717, 1.165) is 61.6 Å². The predicted molar refractivity (Wildman–Crippen MR) is 98.3 cm³/mol. The minimum atomic E-state index is -0.207. The number of hydrogen-bond donors (Lipinski definition) is 2. The first kappa shape index (κ1) is 18.4. The molecule has 1 amide bonds. The molecule has 140 valence electrons. The SMILES string of the molecule is Cc1noc(C)c1CCCNC(=O)c1ccc(N2CCC(O)CC2)nc1. The number of aliphatic hydroxyl groups excluding tert-OH is 1. The van der Waals surface area contributed by atoms with Gasteiger partial charge in [-0.1, -0.05) is 5.16 Å². The van der Waals surface area contributed by atoms with Gasteiger partial charge in [0.1, 0.15) is 11.6 Å². The van der Waals surface area contributed by atoms with E-state index in [1.165, 1.54) is 0 Å². The molecule has 1 aliphatic heterocycles. The highest BCUT2D eigenvalue weighted by Crippen LogP contribution is 2.18. The van der Waals surface area contributed by atoms with Crippen molar-refractivity contribution in [1.82, 2.24) is 15.5 Å². The van der Waals surface area contributed by atoms with E-state index in [4.69, 9.17) is 4.52 Å². The number of nitrogens with one attached hydrogen (secondary N) is 1. The van der Waals surface area contributed by atoms with Gasteiger partial charge in [0, 0.05) is 31.4 Å². The second-order valence-corrected chi connectivity index (χ2v) is 6.79. The molecule has 0 unspecified atom stereocenters. The number of carbonyl (C=O) groups is 1. The van der Waals surface area contributed by atoms with Gasteiger partial charge in [-0.15, -0.1) is 0 Å². The first-order chi connectivity index (χ1) is 12.5. The molecule has 7 heteroatoms. The largest absolute Gasteiger partial charge is 0.393 e. The van der Waals surface area contributed by atoms with Crippen LogP contribution in [-0.2, 0) is 6.42 Å². The normalized spacial score (nSPS) is 15.3. The fourth-order valence-corrected chi connectivity index (χ4v) is 3.23. The Balaban J connectivity index is 1.46. The van der Waals surface area contributed by atoms with Crippen molar-refractivity contribution in [3.63, 3.8) is 0 Å². The number of anilines is 1. The van der Waals surface area contributed by atoms with Gasteiger partial charge >= 0.3 is 0 Å². The van der Waals surface area contributed by atoms with Gasteiger partial charge in [-0.2, -0.15) is 0 Å². The molecule has 7 nitrogen and oxygen atoms in total. The summed E-state index contributed by atoms with van der Waals surface area (Å²) in [6.07, 6.45) is 4.59. The Hall–Kier alpha value is -2.41. The average Bonchev–Trinajstić information content (AvgIpc) is 2.97. The summed E-state index contributed by atoms with van der Waals surface area (Å²) < 4.78 is 5.15. The van der Waals surface area contributed by atoms with Crippen molar-refractivity contribution in [1.29, 1.82) is 0 Å². The number of nitrogens with zero attached hydrogens (tertiary/aromatic N) is 3. The van der Waals surface area contributed by atoms with E-state index in [0.29, 0.717) is 12.1 Å². The molecule has 2 aromatic rings. The first-order valence-corrected chi connectivity index (χ1v) is 9.13. The van der Waals surface area contributed by atoms with Crippen molar-refractivity contribution >= 4 is 11.7 Å². The van der Waals surface area contributed by atoms with E-state index in [1.54, 1.807) is 12.3 Å². The maximum absolute atomic E-state index is 12.2. The summed E-state index contributed by atoms with van der Waals surface area (Å²) in [4.78, 5) is 18.8. The van der Waals surface area contributed by atoms with E-state index in [9.17, 15) is 9.90 Å². The van der Waals surface area contributed by atoms with Gasteiger partial charge in [-0.25, -0.2) is 4.98 Å². The second-order valence-electron chi connectivity index (χ2n) is 6.79. The average molecular weight is 358 g/mol. The highest BCUT2D eigenvalue weighted by Gasteiger charge is 2.18. The zero-order valence-corrected chi connectivity index (χ0v) is 15.4. The molecule has 0 atom stereocenters. The number of hydrogen-bond acceptors (Lipinski definition) is 6. The van der Waals surface area contributed by atoms with Crippen LogP contribution in [0.3, 0.4) is 0 Å². The lowest BCUT2D eigenvalue weighted by Crippen LogP contribution is -2.36. The number of aryl methyl sites for hydroxylation is 2. The second kappa shape index (κ2) is 8.31. The van der Waals surface area contributed by atoms with E-state index < -0.39 is 0 Å². The minimum absolute atomic E-state index is 0.114. The molecule has 2 aromatic heterocycles. The third kappa shape index (κ3) is 4.40. The number of aromatic nitrogens is 2. The van der Waals surface area contributed by atoms with Crippen LogP contribution in [0.4, 0.5) is 5.82 Å². The van der Waals surface area contributed by atoms with Crippen molar-refractivity contribution in [2.24, 2.45) is 0 Å². The van der Waals surface area contributed by atoms with Gasteiger partial charge in [0.05, 0.1) is 17.4 Å². The fourth-order valence-electron chi connectivity index (χ4n) is 3.23. The molecule has 3 rings (SSSR count). The zero-order valence-electron chi connectivity index (χ0n) is 15.4. The predicted octanol–water partition coefficient (Wildman–Crippen LogP) is 2.01. The van der Waals surface area contributed by atoms with Crippen molar-refractivity contribution in [2.75, 3.05) is 24.5 Å². The monoisotopic (exact) mass is 358 g/mol. The lowest BCUT2D eigenvalue weighted by atomic mass is 10.1. The number of piperidine rings is 1. The van der Waals surface area contributed by atoms with Crippen LogP contribution in [0.1, 0.15) is 46.6 Å². The van der Waals surface area contributed by atoms with Gasteiger partial charge in [-0.3, -0.25) is 4.79 Å². The van der Waals surface area contributed by atoms with E-state index >= 15 is 0 Å². The maximum Gasteiger partial charge on any atom is 0.252 e. The minimum Gasteiger partial charge on any atom is -0.393 e. The van der Waals surface area contributed by atoms with Crippen LogP contribution in [0.2, 0.25) is 0 Å². The van der Waals surface area contributed by atoms with Gasteiger partial charge in [0.15, 0.2) is 0 Å². The van der Waals surface area contributed by atoms with Crippen LogP contribution < -0.4 is 10.2 Å². The van der Waals surface area contributed by atoms with Gasteiger partial charge in [0.2, 0.25) is 0 Å². The third-order valence-corrected chi connectivity index (χ3v) is 4.87. The molecule has 26 heavy (non-hydrogen) atoms. The fraction of sp³-hybridized carbons (Fsp3) is 0.526. The van der Waals surface area contributed by atoms with Gasteiger partial charge in [0.25, 0.3) is 5.91 Å². The Morgan fingerprint density at radius 1 is 1.35 bits per heavy atom. The summed E-state index contributed by atoms with van der Waals surface area (Å²) in [7, 11) is 0. The van der Waals surface area contributed by atoms with E-state index in [1.807, 2.05) is 19.9 Å². The summed E-state index contributed by atoms with van der Waals surface area (Å²) >= 11 is 0. The molecule has 2 N–H and O–H groups in total. The molecule has 1 saturated heterocycles. The summed E-state index contributed by atoms with van der Waals surface area (Å²) in [5.74, 6) is 1.59. The molecule has 0 saturated carbocycles. The molecule has 0 aliphatic carbocycles. The molecule has 0 radical (unpaired) electrons. The quantitative estimate of drug-likeness (QED) is 0.768. The van der Waals surface area contributed by atoms with Gasteiger partial charge in [-0.05, 0) is 51.7 Å². The number of rotatable bonds is 6. The van der Waals surface area contributed by atoms with Crippen molar-refractivity contribution in [2.45, 2.75) is 45.6 Å². The Labute approximate surface area is 153 Å².